The summed E-state index contributed by atoms with van der Waals surface area (Å²) in [5, 5.41) is 12.5. The van der Waals surface area contributed by atoms with Crippen LogP contribution in [-0.4, -0.2) is 63.4 Å². The number of nitrogens with one attached hydrogen (secondary N) is 1. The lowest BCUT2D eigenvalue weighted by Crippen LogP contribution is -2.66. The van der Waals surface area contributed by atoms with E-state index in [1.54, 1.807) is 4.90 Å². The van der Waals surface area contributed by atoms with Crippen molar-refractivity contribution < 1.29 is 24.2 Å². The number of rotatable bonds is 6. The molecule has 2 N–H and O–H groups in total. The number of likely N-dealkylation sites (tertiary alicyclic amines) is 1. The van der Waals surface area contributed by atoms with E-state index in [9.17, 15) is 14.7 Å². The smallest absolute Gasteiger partial charge is 0.410 e. The van der Waals surface area contributed by atoms with Crippen LogP contribution in [0.4, 0.5) is 10.6 Å². The zero-order valence-electron chi connectivity index (χ0n) is 16.1. The summed E-state index contributed by atoms with van der Waals surface area (Å²) < 4.78 is 10.6. The highest BCUT2D eigenvalue weighted by molar-refractivity contribution is 5.86. The lowest BCUT2D eigenvalue weighted by atomic mass is 9.61. The number of carbonyl (C=O) groups excluding carboxylic acids is 1. The van der Waals surface area contributed by atoms with E-state index in [2.05, 4.69) is 15.3 Å². The van der Waals surface area contributed by atoms with Crippen LogP contribution in [0.15, 0.2) is 6.07 Å². The van der Waals surface area contributed by atoms with Gasteiger partial charge in [-0.05, 0) is 40.5 Å². The Hall–Kier alpha value is -2.58. The molecule has 0 radical (unpaired) electrons. The van der Waals surface area contributed by atoms with Gasteiger partial charge in [0.2, 0.25) is 0 Å². The monoisotopic (exact) mass is 378 g/mol. The molecule has 148 valence electrons. The van der Waals surface area contributed by atoms with Crippen molar-refractivity contribution in [1.29, 1.82) is 0 Å². The molecular formula is C18H26N4O5. The first-order valence-corrected chi connectivity index (χ1v) is 9.17. The second-order valence-corrected chi connectivity index (χ2v) is 7.93. The number of hydrogen-bond acceptors (Lipinski definition) is 7. The van der Waals surface area contributed by atoms with Crippen molar-refractivity contribution in [3.8, 4) is 6.01 Å². The summed E-state index contributed by atoms with van der Waals surface area (Å²) in [6, 6.07) is 1.64. The molecule has 2 fully saturated rings. The molecule has 1 aromatic heterocycles. The maximum absolute atomic E-state index is 11.9. The van der Waals surface area contributed by atoms with E-state index >= 15 is 0 Å². The molecule has 0 aromatic carbocycles. The van der Waals surface area contributed by atoms with Crippen molar-refractivity contribution in [3.63, 3.8) is 0 Å². The van der Waals surface area contributed by atoms with Crippen molar-refractivity contribution >= 4 is 17.9 Å². The number of aromatic nitrogens is 2. The fourth-order valence-electron chi connectivity index (χ4n) is 3.60. The summed E-state index contributed by atoms with van der Waals surface area (Å²) in [6.45, 7) is 8.71. The van der Waals surface area contributed by atoms with Crippen LogP contribution in [0.3, 0.4) is 0 Å². The van der Waals surface area contributed by atoms with Gasteiger partial charge >= 0.3 is 18.1 Å². The third-order valence-electron chi connectivity index (χ3n) is 4.62. The maximum Gasteiger partial charge on any atom is 0.410 e. The Morgan fingerprint density at radius 2 is 1.89 bits per heavy atom. The Kier molecular flexibility index (Phi) is 5.12. The summed E-state index contributed by atoms with van der Waals surface area (Å²) in [5.41, 5.74) is 0.0246. The van der Waals surface area contributed by atoms with Crippen LogP contribution < -0.4 is 10.1 Å². The molecular weight excluding hydrogens is 352 g/mol. The predicted octanol–water partition coefficient (Wildman–Crippen LogP) is 2.38. The van der Waals surface area contributed by atoms with Gasteiger partial charge in [-0.3, -0.25) is 0 Å². The number of carboxylic acids is 1. The number of carbonyl (C=O) groups is 2. The van der Waals surface area contributed by atoms with Crippen LogP contribution in [0, 0.1) is 5.41 Å². The Labute approximate surface area is 158 Å². The Balaban J connectivity index is 1.55. The first-order chi connectivity index (χ1) is 12.7. The molecule has 0 atom stereocenters. The van der Waals surface area contributed by atoms with Crippen molar-refractivity contribution in [2.24, 2.45) is 5.41 Å². The number of hydrogen-bond donors (Lipinski definition) is 2. The van der Waals surface area contributed by atoms with E-state index in [4.69, 9.17) is 9.47 Å². The van der Waals surface area contributed by atoms with Crippen molar-refractivity contribution in [1.82, 2.24) is 14.9 Å². The largest absolute Gasteiger partial charge is 0.477 e. The van der Waals surface area contributed by atoms with Gasteiger partial charge in [0, 0.05) is 30.6 Å². The molecule has 27 heavy (non-hydrogen) atoms. The first kappa shape index (κ1) is 19.2. The molecule has 1 aliphatic carbocycles. The Morgan fingerprint density at radius 3 is 2.44 bits per heavy atom. The van der Waals surface area contributed by atoms with Gasteiger partial charge in [0.25, 0.3) is 0 Å². The molecule has 3 rings (SSSR count). The molecule has 2 aliphatic rings. The lowest BCUT2D eigenvalue weighted by Gasteiger charge is -2.58. The average Bonchev–Trinajstić information content (AvgIpc) is 2.46. The van der Waals surface area contributed by atoms with Crippen LogP contribution in [0.25, 0.3) is 0 Å². The summed E-state index contributed by atoms with van der Waals surface area (Å²) in [7, 11) is 0. The van der Waals surface area contributed by atoms with Crippen molar-refractivity contribution in [3.05, 3.63) is 11.8 Å². The van der Waals surface area contributed by atoms with Crippen LogP contribution in [0.5, 0.6) is 6.01 Å². The molecule has 1 aliphatic heterocycles. The minimum absolute atomic E-state index is 0.0488. The second-order valence-electron chi connectivity index (χ2n) is 7.93. The van der Waals surface area contributed by atoms with E-state index in [1.165, 1.54) is 6.07 Å². The first-order valence-electron chi connectivity index (χ1n) is 9.17. The average molecular weight is 378 g/mol. The highest BCUT2D eigenvalue weighted by atomic mass is 16.6. The molecule has 1 spiro atoms. The minimum atomic E-state index is -1.13. The van der Waals surface area contributed by atoms with Crippen molar-refractivity contribution in [2.75, 3.05) is 18.4 Å². The fourth-order valence-corrected chi connectivity index (χ4v) is 3.60. The topological polar surface area (TPSA) is 114 Å². The Bertz CT molecular complexity index is 722. The second kappa shape index (κ2) is 7.21. The summed E-state index contributed by atoms with van der Waals surface area (Å²) in [5.74, 6) is -0.689. The Morgan fingerprint density at radius 1 is 1.22 bits per heavy atom. The molecule has 1 saturated carbocycles. The SMILES string of the molecule is CC(C)OC(=O)N1CC2(CC(Nc3cc(C(=O)O)nc(OC(C)C)n3)C2)C1. The van der Waals surface area contributed by atoms with Crippen LogP contribution in [0.1, 0.15) is 51.0 Å². The van der Waals surface area contributed by atoms with Gasteiger partial charge in [-0.15, -0.1) is 0 Å². The van der Waals surface area contributed by atoms with Gasteiger partial charge in [-0.1, -0.05) is 0 Å². The highest BCUT2D eigenvalue weighted by Gasteiger charge is 2.54. The zero-order valence-corrected chi connectivity index (χ0v) is 16.1. The van der Waals surface area contributed by atoms with Gasteiger partial charge < -0.3 is 24.8 Å². The van der Waals surface area contributed by atoms with Gasteiger partial charge in [-0.25, -0.2) is 9.59 Å². The predicted molar refractivity (Wildman–Crippen MR) is 97.0 cm³/mol. The third kappa shape index (κ3) is 4.40. The molecule has 1 aromatic rings. The number of aromatic carboxylic acids is 1. The standard InChI is InChI=1S/C18H26N4O5/c1-10(2)26-16-20-13(15(23)24)5-14(21-16)19-12-6-18(7-12)8-22(9-18)17(25)27-11(3)4/h5,10-12H,6-9H2,1-4H3,(H,23,24)(H,19,20,21). The summed E-state index contributed by atoms with van der Waals surface area (Å²) >= 11 is 0. The number of anilines is 1. The summed E-state index contributed by atoms with van der Waals surface area (Å²) in [4.78, 5) is 33.0. The van der Waals surface area contributed by atoms with Gasteiger partial charge in [0.1, 0.15) is 5.82 Å². The minimum Gasteiger partial charge on any atom is -0.477 e. The van der Waals surface area contributed by atoms with Gasteiger partial charge in [0.05, 0.1) is 12.2 Å². The molecule has 1 amide bonds. The van der Waals surface area contributed by atoms with Gasteiger partial charge in [0.15, 0.2) is 5.69 Å². The molecule has 0 unspecified atom stereocenters. The molecule has 0 bridgehead atoms. The third-order valence-corrected chi connectivity index (χ3v) is 4.62. The van der Waals surface area contributed by atoms with E-state index < -0.39 is 5.97 Å². The number of carboxylic acid groups (broad SMARTS) is 1. The van der Waals surface area contributed by atoms with E-state index in [0.29, 0.717) is 18.9 Å². The van der Waals surface area contributed by atoms with Crippen molar-refractivity contribution in [2.45, 2.75) is 58.8 Å². The molecule has 1 saturated heterocycles. The molecule has 9 nitrogen and oxygen atoms in total. The number of ether oxygens (including phenoxy) is 2. The van der Waals surface area contributed by atoms with Gasteiger partial charge in [-0.2, -0.15) is 9.97 Å². The highest BCUT2D eigenvalue weighted by Crippen LogP contribution is 2.49. The normalized spacial score (nSPS) is 18.2. The molecule has 9 heteroatoms. The number of nitrogens with zero attached hydrogens (tertiary/aromatic N) is 3. The van der Waals surface area contributed by atoms with Crippen LogP contribution in [-0.2, 0) is 4.74 Å². The van der Waals surface area contributed by atoms with E-state index in [0.717, 1.165) is 12.8 Å². The fraction of sp³-hybridized carbons (Fsp3) is 0.667. The zero-order chi connectivity index (χ0) is 19.8. The van der Waals surface area contributed by atoms with Crippen LogP contribution >= 0.6 is 0 Å². The quantitative estimate of drug-likeness (QED) is 0.775. The summed E-state index contributed by atoms with van der Waals surface area (Å²) in [6.07, 6.45) is 1.26. The van der Waals surface area contributed by atoms with E-state index in [1.807, 2.05) is 27.7 Å². The van der Waals surface area contributed by atoms with E-state index in [-0.39, 0.29) is 41.5 Å². The number of amides is 1. The van der Waals surface area contributed by atoms with Crippen LogP contribution in [0.2, 0.25) is 0 Å². The lowest BCUT2D eigenvalue weighted by molar-refractivity contribution is -0.0632. The molecule has 2 heterocycles. The maximum atomic E-state index is 11.9.